The van der Waals surface area contributed by atoms with Gasteiger partial charge in [-0.05, 0) is 6.07 Å². The van der Waals surface area contributed by atoms with Gasteiger partial charge in [0.2, 0.25) is 11.8 Å². The van der Waals surface area contributed by atoms with Gasteiger partial charge in [0.05, 0.1) is 20.4 Å². The minimum Gasteiger partial charge on any atom is -0.481 e. The number of aromatic amines is 1. The Kier molecular flexibility index (Phi) is 4.59. The number of aromatic nitrogens is 5. The fourth-order valence-electron chi connectivity index (χ4n) is 2.35. The number of nitrogens with zero attached hydrogens (tertiary/aromatic N) is 4. The largest absolute Gasteiger partial charge is 0.481 e. The van der Waals surface area contributed by atoms with E-state index < -0.39 is 0 Å². The first-order chi connectivity index (χ1) is 12.1. The maximum atomic E-state index is 12.3. The molecule has 0 fully saturated rings. The number of imidazole rings is 1. The van der Waals surface area contributed by atoms with Crippen LogP contribution in [0.15, 0.2) is 29.5 Å². The summed E-state index contributed by atoms with van der Waals surface area (Å²) in [6.45, 7) is 0.484. The first-order valence-electron chi connectivity index (χ1n) is 7.39. The number of H-pyrrole nitrogens is 1. The summed E-state index contributed by atoms with van der Waals surface area (Å²) in [7, 11) is 2.90. The first-order valence-corrected chi connectivity index (χ1v) is 7.39. The molecule has 0 aliphatic carbocycles. The lowest BCUT2D eigenvalue weighted by Crippen LogP contribution is -2.30. The Morgan fingerprint density at radius 3 is 2.92 bits per heavy atom. The maximum Gasteiger partial charge on any atom is 0.327 e. The van der Waals surface area contributed by atoms with Gasteiger partial charge in [-0.3, -0.25) is 9.36 Å². The fraction of sp³-hybridized carbons (Fsp3) is 0.267. The van der Waals surface area contributed by atoms with Gasteiger partial charge in [-0.1, -0.05) is 0 Å². The topological polar surface area (TPSA) is 124 Å². The summed E-state index contributed by atoms with van der Waals surface area (Å²) in [5.74, 6) is 0.141. The van der Waals surface area contributed by atoms with Gasteiger partial charge in [0.25, 0.3) is 5.91 Å². The second kappa shape index (κ2) is 6.99. The second-order valence-corrected chi connectivity index (χ2v) is 5.01. The van der Waals surface area contributed by atoms with Crippen molar-refractivity contribution in [1.29, 1.82) is 0 Å². The molecule has 1 amide bonds. The van der Waals surface area contributed by atoms with Crippen LogP contribution in [0.3, 0.4) is 0 Å². The van der Waals surface area contributed by atoms with Gasteiger partial charge in [-0.2, -0.15) is 4.98 Å². The van der Waals surface area contributed by atoms with Gasteiger partial charge < -0.3 is 19.8 Å². The van der Waals surface area contributed by atoms with E-state index in [0.29, 0.717) is 17.0 Å². The van der Waals surface area contributed by atoms with E-state index >= 15 is 0 Å². The van der Waals surface area contributed by atoms with Crippen molar-refractivity contribution in [2.45, 2.75) is 6.54 Å². The molecule has 0 aliphatic heterocycles. The molecular formula is C15H16N6O4. The van der Waals surface area contributed by atoms with Crippen molar-refractivity contribution in [2.24, 2.45) is 0 Å². The predicted octanol–water partition coefficient (Wildman–Crippen LogP) is -0.0382. The average Bonchev–Trinajstić information content (AvgIpc) is 2.96. The van der Waals surface area contributed by atoms with Crippen LogP contribution in [-0.4, -0.2) is 51.2 Å². The van der Waals surface area contributed by atoms with Crippen LogP contribution in [0.4, 0.5) is 0 Å². The van der Waals surface area contributed by atoms with Crippen molar-refractivity contribution < 1.29 is 14.3 Å². The van der Waals surface area contributed by atoms with Crippen LogP contribution in [0.5, 0.6) is 11.8 Å². The molecule has 10 nitrogen and oxygen atoms in total. The lowest BCUT2D eigenvalue weighted by molar-refractivity contribution is 0.0948. The van der Waals surface area contributed by atoms with Crippen LogP contribution in [0.2, 0.25) is 0 Å². The molecule has 3 rings (SSSR count). The van der Waals surface area contributed by atoms with Crippen molar-refractivity contribution in [3.8, 4) is 11.8 Å². The maximum absolute atomic E-state index is 12.3. The number of pyridine rings is 1. The van der Waals surface area contributed by atoms with Gasteiger partial charge in [0, 0.05) is 19.2 Å². The number of hydrogen-bond donors (Lipinski definition) is 2. The van der Waals surface area contributed by atoms with Gasteiger partial charge in [0.1, 0.15) is 17.4 Å². The van der Waals surface area contributed by atoms with E-state index in [0.717, 1.165) is 0 Å². The molecule has 0 saturated carbocycles. The third-order valence-corrected chi connectivity index (χ3v) is 3.54. The summed E-state index contributed by atoms with van der Waals surface area (Å²) >= 11 is 0. The molecule has 3 aromatic rings. The van der Waals surface area contributed by atoms with Crippen LogP contribution in [0, 0.1) is 0 Å². The van der Waals surface area contributed by atoms with E-state index in [1.165, 1.54) is 31.3 Å². The third-order valence-electron chi connectivity index (χ3n) is 3.54. The zero-order valence-electron chi connectivity index (χ0n) is 13.6. The summed E-state index contributed by atoms with van der Waals surface area (Å²) in [4.78, 5) is 38.9. The fourth-order valence-corrected chi connectivity index (χ4v) is 2.35. The summed E-state index contributed by atoms with van der Waals surface area (Å²) < 4.78 is 11.5. The second-order valence-electron chi connectivity index (χ2n) is 5.01. The van der Waals surface area contributed by atoms with Crippen molar-refractivity contribution in [3.63, 3.8) is 0 Å². The Labute approximate surface area is 141 Å². The highest BCUT2D eigenvalue weighted by molar-refractivity contribution is 5.96. The van der Waals surface area contributed by atoms with Gasteiger partial charge >= 0.3 is 5.69 Å². The Balaban J connectivity index is 1.70. The molecule has 10 heteroatoms. The molecule has 0 spiro atoms. The molecule has 130 valence electrons. The molecule has 2 N–H and O–H groups in total. The number of nitrogens with one attached hydrogen (secondary N) is 2. The molecule has 25 heavy (non-hydrogen) atoms. The van der Waals surface area contributed by atoms with E-state index in [9.17, 15) is 9.59 Å². The molecule has 3 heterocycles. The molecule has 0 atom stereocenters. The van der Waals surface area contributed by atoms with Crippen LogP contribution in [0.25, 0.3) is 11.2 Å². The highest BCUT2D eigenvalue weighted by atomic mass is 16.5. The van der Waals surface area contributed by atoms with Crippen LogP contribution >= 0.6 is 0 Å². The van der Waals surface area contributed by atoms with E-state index in [1.54, 1.807) is 12.1 Å². The summed E-state index contributed by atoms with van der Waals surface area (Å²) in [6.07, 6.45) is 2.88. The molecular weight excluding hydrogens is 328 g/mol. The van der Waals surface area contributed by atoms with E-state index in [1.807, 2.05) is 0 Å². The summed E-state index contributed by atoms with van der Waals surface area (Å²) in [5.41, 5.74) is 0.989. The highest BCUT2D eigenvalue weighted by Crippen LogP contribution is 2.19. The number of amides is 1. The Morgan fingerprint density at radius 2 is 2.16 bits per heavy atom. The summed E-state index contributed by atoms with van der Waals surface area (Å²) in [5, 5.41) is 2.72. The molecule has 0 unspecified atom stereocenters. The Bertz CT molecular complexity index is 964. The van der Waals surface area contributed by atoms with Crippen molar-refractivity contribution >= 4 is 17.1 Å². The lowest BCUT2D eigenvalue weighted by atomic mass is 10.2. The van der Waals surface area contributed by atoms with Gasteiger partial charge in [-0.15, -0.1) is 0 Å². The minimum atomic E-state index is -0.366. The van der Waals surface area contributed by atoms with E-state index in [-0.39, 0.29) is 36.1 Å². The Hall–Kier alpha value is -3.43. The molecule has 0 aliphatic rings. The smallest absolute Gasteiger partial charge is 0.327 e. The third kappa shape index (κ3) is 3.27. The average molecular weight is 344 g/mol. The number of methoxy groups -OCH3 is 2. The number of hydrogen-bond acceptors (Lipinski definition) is 7. The SMILES string of the molecule is COc1ccc(C(=O)NCCn2c(=O)[nH]c3cncnc32)c(OC)n1. The van der Waals surface area contributed by atoms with Crippen LogP contribution < -0.4 is 20.5 Å². The van der Waals surface area contributed by atoms with Crippen molar-refractivity contribution in [3.05, 3.63) is 40.7 Å². The van der Waals surface area contributed by atoms with E-state index in [4.69, 9.17) is 9.47 Å². The summed E-state index contributed by atoms with van der Waals surface area (Å²) in [6, 6.07) is 3.13. The first kappa shape index (κ1) is 16.4. The zero-order valence-corrected chi connectivity index (χ0v) is 13.6. The number of fused-ring (bicyclic) bond motifs is 1. The molecule has 0 saturated heterocycles. The molecule has 0 bridgehead atoms. The zero-order chi connectivity index (χ0) is 17.8. The number of carbonyl (C=O) groups excluding carboxylic acids is 1. The van der Waals surface area contributed by atoms with Crippen LogP contribution in [-0.2, 0) is 6.54 Å². The van der Waals surface area contributed by atoms with E-state index in [2.05, 4.69) is 25.3 Å². The quantitative estimate of drug-likeness (QED) is 0.643. The van der Waals surface area contributed by atoms with Crippen molar-refractivity contribution in [2.75, 3.05) is 20.8 Å². The van der Waals surface area contributed by atoms with Gasteiger partial charge in [-0.25, -0.2) is 14.8 Å². The van der Waals surface area contributed by atoms with Gasteiger partial charge in [0.15, 0.2) is 5.65 Å². The monoisotopic (exact) mass is 344 g/mol. The predicted molar refractivity (Wildman–Crippen MR) is 87.8 cm³/mol. The molecule has 0 radical (unpaired) electrons. The standard InChI is InChI=1S/C15H16N6O4/c1-24-11-4-3-9(14(20-11)25-2)13(22)17-5-6-21-12-10(19-15(21)23)7-16-8-18-12/h3-4,7-8H,5-6H2,1-2H3,(H,17,22)(H,19,23). The van der Waals surface area contributed by atoms with Crippen molar-refractivity contribution in [1.82, 2.24) is 29.8 Å². The lowest BCUT2D eigenvalue weighted by Gasteiger charge is -2.10. The Morgan fingerprint density at radius 1 is 1.32 bits per heavy atom. The number of ether oxygens (including phenoxy) is 2. The normalized spacial score (nSPS) is 10.6. The number of carbonyl (C=O) groups is 1. The molecule has 3 aromatic heterocycles. The highest BCUT2D eigenvalue weighted by Gasteiger charge is 2.15. The van der Waals surface area contributed by atoms with Crippen LogP contribution in [0.1, 0.15) is 10.4 Å². The molecule has 0 aromatic carbocycles. The number of rotatable bonds is 6. The minimum absolute atomic E-state index is 0.161.